The molecule has 3 heteroatoms. The minimum atomic E-state index is 0.706. The predicted molar refractivity (Wildman–Crippen MR) is 68.7 cm³/mol. The summed E-state index contributed by atoms with van der Waals surface area (Å²) >= 11 is 1.77. The van der Waals surface area contributed by atoms with Crippen molar-refractivity contribution in [3.63, 3.8) is 0 Å². The van der Waals surface area contributed by atoms with Gasteiger partial charge in [-0.25, -0.2) is 0 Å². The van der Waals surface area contributed by atoms with E-state index >= 15 is 0 Å². The smallest absolute Gasteiger partial charge is 0.207 e. The molecule has 0 saturated carbocycles. The number of benzene rings is 2. The zero-order chi connectivity index (χ0) is 11.2. The molecule has 16 heavy (non-hydrogen) atoms. The molecule has 1 N–H and O–H groups in total. The van der Waals surface area contributed by atoms with Gasteiger partial charge in [-0.15, -0.1) is 11.8 Å². The average molecular weight is 231 g/mol. The van der Waals surface area contributed by atoms with Gasteiger partial charge < -0.3 is 5.32 Å². The number of fused-ring (bicyclic) bond motifs is 1. The summed E-state index contributed by atoms with van der Waals surface area (Å²) in [5.41, 5.74) is 0. The van der Waals surface area contributed by atoms with Gasteiger partial charge in [0.1, 0.15) is 0 Å². The van der Waals surface area contributed by atoms with Crippen molar-refractivity contribution in [1.82, 2.24) is 5.32 Å². The summed E-state index contributed by atoms with van der Waals surface area (Å²) in [6, 6.07) is 14.6. The van der Waals surface area contributed by atoms with E-state index in [1.54, 1.807) is 11.8 Å². The Morgan fingerprint density at radius 1 is 1.12 bits per heavy atom. The Morgan fingerprint density at radius 2 is 1.94 bits per heavy atom. The van der Waals surface area contributed by atoms with Gasteiger partial charge in [0, 0.05) is 17.2 Å². The molecule has 2 aromatic carbocycles. The highest BCUT2D eigenvalue weighted by Gasteiger charge is 1.99. The largest absolute Gasteiger partial charge is 0.358 e. The Morgan fingerprint density at radius 3 is 2.81 bits per heavy atom. The quantitative estimate of drug-likeness (QED) is 0.487. The van der Waals surface area contributed by atoms with Gasteiger partial charge in [0.05, 0.1) is 0 Å². The van der Waals surface area contributed by atoms with Gasteiger partial charge in [-0.1, -0.05) is 36.4 Å². The van der Waals surface area contributed by atoms with Crippen molar-refractivity contribution in [3.8, 4) is 0 Å². The van der Waals surface area contributed by atoms with Crippen LogP contribution in [0.5, 0.6) is 0 Å². The summed E-state index contributed by atoms with van der Waals surface area (Å²) < 4.78 is 0. The average Bonchev–Trinajstić information content (AvgIpc) is 2.35. The van der Waals surface area contributed by atoms with E-state index < -0.39 is 0 Å². The molecule has 2 nitrogen and oxygen atoms in total. The molecule has 2 aromatic rings. The van der Waals surface area contributed by atoms with Crippen LogP contribution in [-0.2, 0) is 4.79 Å². The van der Waals surface area contributed by atoms with Crippen LogP contribution < -0.4 is 5.32 Å². The fourth-order valence-corrected chi connectivity index (χ4v) is 2.56. The third-order valence-corrected chi connectivity index (χ3v) is 3.41. The minimum absolute atomic E-state index is 0.706. The van der Waals surface area contributed by atoms with E-state index in [1.807, 2.05) is 6.07 Å². The Hall–Kier alpha value is -1.48. The molecule has 0 aliphatic heterocycles. The first-order valence-electron chi connectivity index (χ1n) is 5.19. The number of amides is 1. The summed E-state index contributed by atoms with van der Waals surface area (Å²) in [6.45, 7) is 0.706. The van der Waals surface area contributed by atoms with E-state index in [9.17, 15) is 4.79 Å². The molecule has 2 rings (SSSR count). The second kappa shape index (κ2) is 5.56. The predicted octanol–water partition coefficient (Wildman–Crippen LogP) is 2.68. The first-order chi connectivity index (χ1) is 7.92. The third-order valence-electron chi connectivity index (χ3n) is 2.34. The number of rotatable bonds is 5. The Kier molecular flexibility index (Phi) is 3.83. The molecule has 0 radical (unpaired) electrons. The topological polar surface area (TPSA) is 29.1 Å². The molecule has 1 amide bonds. The van der Waals surface area contributed by atoms with Gasteiger partial charge in [-0.3, -0.25) is 4.79 Å². The van der Waals surface area contributed by atoms with E-state index in [0.29, 0.717) is 6.54 Å². The zero-order valence-electron chi connectivity index (χ0n) is 8.85. The first-order valence-corrected chi connectivity index (χ1v) is 6.18. The van der Waals surface area contributed by atoms with Gasteiger partial charge in [0.2, 0.25) is 6.41 Å². The van der Waals surface area contributed by atoms with Gasteiger partial charge >= 0.3 is 0 Å². The van der Waals surface area contributed by atoms with Crippen molar-refractivity contribution in [2.45, 2.75) is 4.90 Å². The molecule has 0 aliphatic carbocycles. The van der Waals surface area contributed by atoms with Crippen molar-refractivity contribution in [3.05, 3.63) is 42.5 Å². The van der Waals surface area contributed by atoms with E-state index in [1.165, 1.54) is 15.7 Å². The lowest BCUT2D eigenvalue weighted by Crippen LogP contribution is -2.13. The van der Waals surface area contributed by atoms with E-state index in [4.69, 9.17) is 0 Å². The lowest BCUT2D eigenvalue weighted by atomic mass is 10.1. The Labute approximate surface area is 99.0 Å². The highest BCUT2D eigenvalue weighted by atomic mass is 32.2. The molecule has 0 spiro atoms. The van der Waals surface area contributed by atoms with Crippen molar-refractivity contribution in [2.24, 2.45) is 0 Å². The molecule has 82 valence electrons. The van der Waals surface area contributed by atoms with Crippen LogP contribution in [0.4, 0.5) is 0 Å². The SMILES string of the molecule is O=CNCCSc1cccc2ccccc12. The lowest BCUT2D eigenvalue weighted by molar-refractivity contribution is -0.109. The molecule has 0 unspecified atom stereocenters. The van der Waals surface area contributed by atoms with Gasteiger partial charge in [0.15, 0.2) is 0 Å². The summed E-state index contributed by atoms with van der Waals surface area (Å²) in [5, 5.41) is 5.20. The van der Waals surface area contributed by atoms with Crippen LogP contribution in [-0.4, -0.2) is 18.7 Å². The lowest BCUT2D eigenvalue weighted by Gasteiger charge is -2.05. The highest BCUT2D eigenvalue weighted by Crippen LogP contribution is 2.27. The number of hydrogen-bond donors (Lipinski definition) is 1. The molecular weight excluding hydrogens is 218 g/mol. The maximum atomic E-state index is 10.1. The van der Waals surface area contributed by atoms with Crippen molar-refractivity contribution in [1.29, 1.82) is 0 Å². The molecule has 0 fully saturated rings. The van der Waals surface area contributed by atoms with Crippen LogP contribution in [0.3, 0.4) is 0 Å². The van der Waals surface area contributed by atoms with E-state index in [2.05, 4.69) is 41.7 Å². The van der Waals surface area contributed by atoms with Crippen molar-refractivity contribution in [2.75, 3.05) is 12.3 Å². The molecule has 0 aliphatic rings. The third kappa shape index (κ3) is 2.55. The first kappa shape index (κ1) is 11.0. The Bertz CT molecular complexity index is 479. The van der Waals surface area contributed by atoms with Gasteiger partial charge in [-0.05, 0) is 16.8 Å². The normalized spacial score (nSPS) is 10.2. The summed E-state index contributed by atoms with van der Waals surface area (Å²) in [5.74, 6) is 0.896. The number of nitrogens with one attached hydrogen (secondary N) is 1. The van der Waals surface area contributed by atoms with Crippen LogP contribution in [0.2, 0.25) is 0 Å². The minimum Gasteiger partial charge on any atom is -0.358 e. The standard InChI is InChI=1S/C13H13NOS/c15-10-14-8-9-16-13-7-3-5-11-4-1-2-6-12(11)13/h1-7,10H,8-9H2,(H,14,15). The van der Waals surface area contributed by atoms with E-state index in [-0.39, 0.29) is 0 Å². The molecule has 0 saturated heterocycles. The molecule has 0 aromatic heterocycles. The van der Waals surface area contributed by atoms with Gasteiger partial charge in [0.25, 0.3) is 0 Å². The number of hydrogen-bond acceptors (Lipinski definition) is 2. The Balaban J connectivity index is 2.14. The summed E-state index contributed by atoms with van der Waals surface area (Å²) in [7, 11) is 0. The molecule has 0 atom stereocenters. The fraction of sp³-hybridized carbons (Fsp3) is 0.154. The van der Waals surface area contributed by atoms with Crippen LogP contribution >= 0.6 is 11.8 Å². The molecule has 0 heterocycles. The highest BCUT2D eigenvalue weighted by molar-refractivity contribution is 7.99. The maximum Gasteiger partial charge on any atom is 0.207 e. The molecule has 0 bridgehead atoms. The van der Waals surface area contributed by atoms with Crippen molar-refractivity contribution < 1.29 is 4.79 Å². The summed E-state index contributed by atoms with van der Waals surface area (Å²) in [4.78, 5) is 11.4. The van der Waals surface area contributed by atoms with Crippen LogP contribution in [0.1, 0.15) is 0 Å². The monoisotopic (exact) mass is 231 g/mol. The van der Waals surface area contributed by atoms with Crippen molar-refractivity contribution >= 4 is 28.9 Å². The second-order valence-corrected chi connectivity index (χ2v) is 4.53. The number of carbonyl (C=O) groups excluding carboxylic acids is 1. The number of carbonyl (C=O) groups is 1. The van der Waals surface area contributed by atoms with Gasteiger partial charge in [-0.2, -0.15) is 0 Å². The number of thioether (sulfide) groups is 1. The summed E-state index contributed by atoms with van der Waals surface area (Å²) in [6.07, 6.45) is 0.740. The van der Waals surface area contributed by atoms with Crippen LogP contribution in [0.15, 0.2) is 47.4 Å². The second-order valence-electron chi connectivity index (χ2n) is 3.40. The molecular formula is C13H13NOS. The van der Waals surface area contributed by atoms with E-state index in [0.717, 1.165) is 12.2 Å². The van der Waals surface area contributed by atoms with Crippen LogP contribution in [0, 0.1) is 0 Å². The maximum absolute atomic E-state index is 10.1. The van der Waals surface area contributed by atoms with Crippen LogP contribution in [0.25, 0.3) is 10.8 Å². The zero-order valence-corrected chi connectivity index (χ0v) is 9.67. The fourth-order valence-electron chi connectivity index (χ4n) is 1.60.